The maximum absolute atomic E-state index is 13.1. The van der Waals surface area contributed by atoms with Gasteiger partial charge in [-0.15, -0.1) is 0 Å². The summed E-state index contributed by atoms with van der Waals surface area (Å²) in [5.41, 5.74) is 1.98. The number of imidazole rings is 1. The first-order valence-electron chi connectivity index (χ1n) is 9.09. The Labute approximate surface area is 164 Å². The van der Waals surface area contributed by atoms with Gasteiger partial charge in [0.2, 0.25) is 10.0 Å². The van der Waals surface area contributed by atoms with E-state index in [0.29, 0.717) is 18.8 Å². The molecular formula is C20H22N4O3S. The van der Waals surface area contributed by atoms with Crippen molar-refractivity contribution in [2.45, 2.75) is 24.3 Å². The Kier molecular flexibility index (Phi) is 4.91. The topological polar surface area (TPSA) is 77.3 Å². The van der Waals surface area contributed by atoms with Gasteiger partial charge >= 0.3 is 0 Å². The summed E-state index contributed by atoms with van der Waals surface area (Å²) < 4.78 is 35.0. The number of aryl methyl sites for hydroxylation is 1. The van der Waals surface area contributed by atoms with Gasteiger partial charge in [-0.1, -0.05) is 6.07 Å². The predicted octanol–water partition coefficient (Wildman–Crippen LogP) is 2.90. The second-order valence-electron chi connectivity index (χ2n) is 6.81. The van der Waals surface area contributed by atoms with E-state index in [2.05, 4.69) is 14.5 Å². The Morgan fingerprint density at radius 2 is 1.96 bits per heavy atom. The molecule has 0 aliphatic carbocycles. The average Bonchev–Trinajstić information content (AvgIpc) is 3.35. The quantitative estimate of drug-likeness (QED) is 0.660. The molecule has 3 aromatic rings. The van der Waals surface area contributed by atoms with Crippen molar-refractivity contribution in [3.8, 4) is 17.1 Å². The van der Waals surface area contributed by atoms with Gasteiger partial charge in [0, 0.05) is 49.0 Å². The van der Waals surface area contributed by atoms with Crippen molar-refractivity contribution in [1.82, 2.24) is 18.8 Å². The summed E-state index contributed by atoms with van der Waals surface area (Å²) in [5, 5.41) is 0. The lowest BCUT2D eigenvalue weighted by Crippen LogP contribution is -2.29. The molecule has 0 spiro atoms. The fourth-order valence-corrected chi connectivity index (χ4v) is 5.20. The van der Waals surface area contributed by atoms with Gasteiger partial charge in [0.25, 0.3) is 0 Å². The zero-order chi connectivity index (χ0) is 19.7. The maximum atomic E-state index is 13.1. The molecule has 0 saturated carbocycles. The van der Waals surface area contributed by atoms with Crippen molar-refractivity contribution < 1.29 is 13.2 Å². The maximum Gasteiger partial charge on any atom is 0.243 e. The summed E-state index contributed by atoms with van der Waals surface area (Å²) in [6.45, 7) is 2.88. The first kappa shape index (κ1) is 18.6. The van der Waals surface area contributed by atoms with Crippen LogP contribution in [0.1, 0.15) is 18.2 Å². The van der Waals surface area contributed by atoms with Crippen molar-refractivity contribution in [2.75, 3.05) is 20.2 Å². The van der Waals surface area contributed by atoms with Crippen LogP contribution in [0.3, 0.4) is 0 Å². The van der Waals surface area contributed by atoms with Gasteiger partial charge in [0.15, 0.2) is 0 Å². The molecule has 1 unspecified atom stereocenters. The van der Waals surface area contributed by atoms with E-state index < -0.39 is 10.0 Å². The SMILES string of the molecule is COc1cccc(S(=O)(=O)N2CCC(n3c(C)cnc3-c3ccncc3)C2)c1. The molecule has 0 bridgehead atoms. The van der Waals surface area contributed by atoms with Crippen LogP contribution in [-0.2, 0) is 10.0 Å². The Hall–Kier alpha value is -2.71. The van der Waals surface area contributed by atoms with Crippen LogP contribution in [0.5, 0.6) is 5.75 Å². The molecule has 146 valence electrons. The Bertz CT molecular complexity index is 1080. The van der Waals surface area contributed by atoms with Crippen LogP contribution < -0.4 is 4.74 Å². The lowest BCUT2D eigenvalue weighted by molar-refractivity contribution is 0.412. The van der Waals surface area contributed by atoms with E-state index in [1.165, 1.54) is 7.11 Å². The number of nitrogens with zero attached hydrogens (tertiary/aromatic N) is 4. The number of benzene rings is 1. The molecule has 4 rings (SSSR count). The number of hydrogen-bond acceptors (Lipinski definition) is 5. The number of pyridine rings is 1. The Morgan fingerprint density at radius 3 is 2.71 bits per heavy atom. The van der Waals surface area contributed by atoms with E-state index in [9.17, 15) is 8.42 Å². The zero-order valence-electron chi connectivity index (χ0n) is 15.8. The summed E-state index contributed by atoms with van der Waals surface area (Å²) in [6.07, 6.45) is 6.03. The molecule has 1 aromatic carbocycles. The second-order valence-corrected chi connectivity index (χ2v) is 8.75. The summed E-state index contributed by atoms with van der Waals surface area (Å²) >= 11 is 0. The van der Waals surface area contributed by atoms with Gasteiger partial charge in [-0.2, -0.15) is 4.31 Å². The van der Waals surface area contributed by atoms with E-state index in [1.807, 2.05) is 25.3 Å². The minimum atomic E-state index is -3.58. The molecule has 1 aliphatic rings. The van der Waals surface area contributed by atoms with E-state index in [0.717, 1.165) is 23.5 Å². The molecule has 1 atom stereocenters. The van der Waals surface area contributed by atoms with E-state index in [4.69, 9.17) is 4.74 Å². The number of aromatic nitrogens is 3. The molecule has 0 amide bonds. The third kappa shape index (κ3) is 3.29. The molecule has 0 radical (unpaired) electrons. The fourth-order valence-electron chi connectivity index (χ4n) is 3.67. The molecule has 1 fully saturated rings. The highest BCUT2D eigenvalue weighted by atomic mass is 32.2. The minimum Gasteiger partial charge on any atom is -0.497 e. The van der Waals surface area contributed by atoms with Crippen LogP contribution in [0, 0.1) is 6.92 Å². The minimum absolute atomic E-state index is 0.0334. The van der Waals surface area contributed by atoms with Crippen LogP contribution in [0.4, 0.5) is 0 Å². The lowest BCUT2D eigenvalue weighted by atomic mass is 10.2. The molecule has 28 heavy (non-hydrogen) atoms. The molecule has 1 saturated heterocycles. The van der Waals surface area contributed by atoms with Crippen molar-refractivity contribution in [3.05, 3.63) is 60.7 Å². The third-order valence-corrected chi connectivity index (χ3v) is 6.95. The Balaban J connectivity index is 1.62. The van der Waals surface area contributed by atoms with Crippen LogP contribution in [0.25, 0.3) is 11.4 Å². The molecule has 1 aliphatic heterocycles. The van der Waals surface area contributed by atoms with E-state index >= 15 is 0 Å². The van der Waals surface area contributed by atoms with Gasteiger partial charge in [0.05, 0.1) is 18.0 Å². The van der Waals surface area contributed by atoms with Crippen LogP contribution >= 0.6 is 0 Å². The van der Waals surface area contributed by atoms with Gasteiger partial charge in [0.1, 0.15) is 11.6 Å². The average molecular weight is 398 g/mol. The van der Waals surface area contributed by atoms with Crippen LogP contribution in [0.2, 0.25) is 0 Å². The first-order valence-corrected chi connectivity index (χ1v) is 10.5. The molecule has 3 heterocycles. The summed E-state index contributed by atoms with van der Waals surface area (Å²) in [4.78, 5) is 8.87. The third-order valence-electron chi connectivity index (χ3n) is 5.09. The van der Waals surface area contributed by atoms with Gasteiger partial charge in [-0.3, -0.25) is 4.98 Å². The Morgan fingerprint density at radius 1 is 1.18 bits per heavy atom. The molecule has 0 N–H and O–H groups in total. The fraction of sp³-hybridized carbons (Fsp3) is 0.300. The molecular weight excluding hydrogens is 376 g/mol. The van der Waals surface area contributed by atoms with Gasteiger partial charge in [-0.05, 0) is 37.6 Å². The number of sulfonamides is 1. The van der Waals surface area contributed by atoms with Gasteiger partial charge < -0.3 is 9.30 Å². The monoisotopic (exact) mass is 398 g/mol. The van der Waals surface area contributed by atoms with Crippen molar-refractivity contribution >= 4 is 10.0 Å². The number of rotatable bonds is 5. The number of methoxy groups -OCH3 is 1. The summed E-state index contributed by atoms with van der Waals surface area (Å²) in [5.74, 6) is 1.37. The highest BCUT2D eigenvalue weighted by Crippen LogP contribution is 2.32. The summed E-state index contributed by atoms with van der Waals surface area (Å²) in [7, 11) is -2.05. The first-order chi connectivity index (χ1) is 13.5. The van der Waals surface area contributed by atoms with Crippen LogP contribution in [-0.4, -0.2) is 47.5 Å². The van der Waals surface area contributed by atoms with E-state index in [1.54, 1.807) is 41.0 Å². The van der Waals surface area contributed by atoms with E-state index in [-0.39, 0.29) is 10.9 Å². The number of ether oxygens (including phenoxy) is 1. The highest BCUT2D eigenvalue weighted by molar-refractivity contribution is 7.89. The number of hydrogen-bond donors (Lipinski definition) is 0. The van der Waals surface area contributed by atoms with Crippen molar-refractivity contribution in [2.24, 2.45) is 0 Å². The lowest BCUT2D eigenvalue weighted by Gasteiger charge is -2.20. The smallest absolute Gasteiger partial charge is 0.243 e. The standard InChI is InChI=1S/C20H22N4O3S/c1-15-13-22-20(16-6-9-21-10-7-16)24(15)17-8-11-23(14-17)28(25,26)19-5-3-4-18(12-19)27-2/h3-7,9-10,12-13,17H,8,11,14H2,1-2H3. The molecule has 8 heteroatoms. The largest absolute Gasteiger partial charge is 0.497 e. The second kappa shape index (κ2) is 7.37. The van der Waals surface area contributed by atoms with Gasteiger partial charge in [-0.25, -0.2) is 13.4 Å². The molecule has 7 nitrogen and oxygen atoms in total. The highest BCUT2D eigenvalue weighted by Gasteiger charge is 2.35. The molecule has 2 aromatic heterocycles. The van der Waals surface area contributed by atoms with Crippen molar-refractivity contribution in [1.29, 1.82) is 0 Å². The normalized spacial score (nSPS) is 17.7. The zero-order valence-corrected chi connectivity index (χ0v) is 16.6. The van der Waals surface area contributed by atoms with Crippen LogP contribution in [0.15, 0.2) is 59.9 Å². The summed E-state index contributed by atoms with van der Waals surface area (Å²) in [6, 6.07) is 10.5. The predicted molar refractivity (Wildman–Crippen MR) is 106 cm³/mol. The van der Waals surface area contributed by atoms with Crippen molar-refractivity contribution in [3.63, 3.8) is 0 Å².